The van der Waals surface area contributed by atoms with Crippen molar-refractivity contribution >= 4 is 11.8 Å². The average Bonchev–Trinajstić information content (AvgIpc) is 3.03. The predicted octanol–water partition coefficient (Wildman–Crippen LogP) is 0.901. The van der Waals surface area contributed by atoms with E-state index >= 15 is 0 Å². The van der Waals surface area contributed by atoms with Crippen LogP contribution >= 0.6 is 0 Å². The Kier molecular flexibility index (Phi) is 4.30. The quantitative estimate of drug-likeness (QED) is 0.876. The number of hydrogen-bond donors (Lipinski definition) is 1. The molecule has 0 aromatic carbocycles. The molecular formula is C14H20N6O. The Morgan fingerprint density at radius 3 is 2.67 bits per heavy atom. The molecular weight excluding hydrogens is 268 g/mol. The predicted molar refractivity (Wildman–Crippen MR) is 80.3 cm³/mol. The fourth-order valence-electron chi connectivity index (χ4n) is 2.34. The second-order valence-corrected chi connectivity index (χ2v) is 4.92. The van der Waals surface area contributed by atoms with Crippen LogP contribution in [-0.4, -0.2) is 47.9 Å². The Balaban J connectivity index is 1.57. The van der Waals surface area contributed by atoms with Gasteiger partial charge < -0.3 is 19.5 Å². The third kappa shape index (κ3) is 3.30. The molecule has 0 unspecified atom stereocenters. The summed E-state index contributed by atoms with van der Waals surface area (Å²) >= 11 is 0. The van der Waals surface area contributed by atoms with E-state index in [0.29, 0.717) is 18.5 Å². The van der Waals surface area contributed by atoms with Gasteiger partial charge in [-0.2, -0.15) is 0 Å². The fraction of sp³-hybridized carbons (Fsp3) is 0.500. The third-order valence-corrected chi connectivity index (χ3v) is 3.51. The molecule has 112 valence electrons. The van der Waals surface area contributed by atoms with Crippen LogP contribution in [0.25, 0.3) is 0 Å². The zero-order chi connectivity index (χ0) is 14.5. The second kappa shape index (κ2) is 6.53. The van der Waals surface area contributed by atoms with Crippen LogP contribution < -0.4 is 15.1 Å². The molecule has 1 aliphatic rings. The van der Waals surface area contributed by atoms with E-state index in [9.17, 15) is 0 Å². The molecule has 2 aromatic rings. The molecule has 1 aliphatic heterocycles. The first kappa shape index (κ1) is 13.8. The number of piperazine rings is 1. The Morgan fingerprint density at radius 2 is 1.95 bits per heavy atom. The van der Waals surface area contributed by atoms with E-state index in [0.717, 1.165) is 38.5 Å². The number of hydrogen-bond acceptors (Lipinski definition) is 7. The average molecular weight is 288 g/mol. The summed E-state index contributed by atoms with van der Waals surface area (Å²) in [5, 5.41) is 11.4. The van der Waals surface area contributed by atoms with E-state index in [2.05, 4.69) is 30.3 Å². The first-order valence-corrected chi connectivity index (χ1v) is 7.31. The molecule has 1 fully saturated rings. The van der Waals surface area contributed by atoms with Crippen LogP contribution in [0.2, 0.25) is 0 Å². The van der Waals surface area contributed by atoms with Gasteiger partial charge in [0, 0.05) is 32.4 Å². The maximum Gasteiger partial charge on any atom is 0.318 e. The van der Waals surface area contributed by atoms with Gasteiger partial charge in [-0.05, 0) is 18.7 Å². The number of pyridine rings is 1. The summed E-state index contributed by atoms with van der Waals surface area (Å²) in [5.74, 6) is 1.66. The SMILES string of the molecule is CCNCc1nnc(N2CCN(c3ccccn3)CC2)o1. The molecule has 0 saturated carbocycles. The minimum atomic E-state index is 0.614. The van der Waals surface area contributed by atoms with Crippen LogP contribution in [0.15, 0.2) is 28.8 Å². The lowest BCUT2D eigenvalue weighted by Crippen LogP contribution is -2.47. The zero-order valence-corrected chi connectivity index (χ0v) is 12.2. The molecule has 0 bridgehead atoms. The second-order valence-electron chi connectivity index (χ2n) is 4.92. The highest BCUT2D eigenvalue weighted by atomic mass is 16.4. The van der Waals surface area contributed by atoms with Crippen LogP contribution in [0.1, 0.15) is 12.8 Å². The molecule has 21 heavy (non-hydrogen) atoms. The minimum Gasteiger partial charge on any atom is -0.407 e. The maximum absolute atomic E-state index is 5.67. The van der Waals surface area contributed by atoms with E-state index in [1.807, 2.05) is 31.3 Å². The Morgan fingerprint density at radius 1 is 1.14 bits per heavy atom. The van der Waals surface area contributed by atoms with E-state index in [1.54, 1.807) is 0 Å². The summed E-state index contributed by atoms with van der Waals surface area (Å²) in [7, 11) is 0. The van der Waals surface area contributed by atoms with Crippen molar-refractivity contribution in [3.63, 3.8) is 0 Å². The van der Waals surface area contributed by atoms with Gasteiger partial charge in [0.25, 0.3) is 0 Å². The van der Waals surface area contributed by atoms with Gasteiger partial charge >= 0.3 is 6.01 Å². The van der Waals surface area contributed by atoms with Crippen molar-refractivity contribution in [3.05, 3.63) is 30.3 Å². The molecule has 3 heterocycles. The highest BCUT2D eigenvalue weighted by Gasteiger charge is 2.21. The Bertz CT molecular complexity index is 550. The van der Waals surface area contributed by atoms with Crippen LogP contribution in [0, 0.1) is 0 Å². The fourth-order valence-corrected chi connectivity index (χ4v) is 2.34. The number of aromatic nitrogens is 3. The number of nitrogens with zero attached hydrogens (tertiary/aromatic N) is 5. The van der Waals surface area contributed by atoms with Gasteiger partial charge in [0.15, 0.2) is 0 Å². The number of anilines is 2. The first-order chi connectivity index (χ1) is 10.4. The standard InChI is InChI=1S/C14H20N6O/c1-2-15-11-13-17-18-14(21-13)20-9-7-19(8-10-20)12-5-3-4-6-16-12/h3-6,15H,2,7-11H2,1H3. The lowest BCUT2D eigenvalue weighted by molar-refractivity contribution is 0.458. The van der Waals surface area contributed by atoms with Gasteiger partial charge in [0.05, 0.1) is 6.54 Å². The lowest BCUT2D eigenvalue weighted by Gasteiger charge is -2.34. The van der Waals surface area contributed by atoms with Crippen molar-refractivity contribution in [2.24, 2.45) is 0 Å². The molecule has 2 aromatic heterocycles. The summed E-state index contributed by atoms with van der Waals surface area (Å²) in [6.07, 6.45) is 1.83. The topological polar surface area (TPSA) is 70.3 Å². The summed E-state index contributed by atoms with van der Waals surface area (Å²) in [4.78, 5) is 8.78. The zero-order valence-electron chi connectivity index (χ0n) is 12.2. The molecule has 1 N–H and O–H groups in total. The van der Waals surface area contributed by atoms with Gasteiger partial charge in [-0.3, -0.25) is 0 Å². The largest absolute Gasteiger partial charge is 0.407 e. The van der Waals surface area contributed by atoms with Crippen molar-refractivity contribution < 1.29 is 4.42 Å². The van der Waals surface area contributed by atoms with Gasteiger partial charge in [0.1, 0.15) is 5.82 Å². The van der Waals surface area contributed by atoms with Crippen molar-refractivity contribution in [1.82, 2.24) is 20.5 Å². The lowest BCUT2D eigenvalue weighted by atomic mass is 10.3. The molecule has 0 atom stereocenters. The van der Waals surface area contributed by atoms with Crippen molar-refractivity contribution in [2.75, 3.05) is 42.5 Å². The molecule has 7 heteroatoms. The molecule has 0 spiro atoms. The smallest absolute Gasteiger partial charge is 0.318 e. The minimum absolute atomic E-state index is 0.614. The van der Waals surface area contributed by atoms with E-state index in [1.165, 1.54) is 0 Å². The van der Waals surface area contributed by atoms with Crippen molar-refractivity contribution in [3.8, 4) is 0 Å². The van der Waals surface area contributed by atoms with Crippen molar-refractivity contribution in [2.45, 2.75) is 13.5 Å². The van der Waals surface area contributed by atoms with E-state index in [-0.39, 0.29) is 0 Å². The molecule has 7 nitrogen and oxygen atoms in total. The van der Waals surface area contributed by atoms with E-state index < -0.39 is 0 Å². The number of rotatable bonds is 5. The van der Waals surface area contributed by atoms with Gasteiger partial charge in [0.2, 0.25) is 5.89 Å². The molecule has 0 amide bonds. The summed E-state index contributed by atoms with van der Waals surface area (Å²) < 4.78 is 5.67. The Labute approximate surface area is 124 Å². The van der Waals surface area contributed by atoms with Gasteiger partial charge in [-0.1, -0.05) is 18.1 Å². The summed E-state index contributed by atoms with van der Waals surface area (Å²) in [5.41, 5.74) is 0. The third-order valence-electron chi connectivity index (χ3n) is 3.51. The molecule has 0 aliphatic carbocycles. The summed E-state index contributed by atoms with van der Waals surface area (Å²) in [6, 6.07) is 6.60. The first-order valence-electron chi connectivity index (χ1n) is 7.31. The van der Waals surface area contributed by atoms with E-state index in [4.69, 9.17) is 4.42 Å². The van der Waals surface area contributed by atoms with Crippen LogP contribution in [-0.2, 0) is 6.54 Å². The van der Waals surface area contributed by atoms with Crippen molar-refractivity contribution in [1.29, 1.82) is 0 Å². The summed E-state index contributed by atoms with van der Waals surface area (Å²) in [6.45, 7) is 7.09. The monoisotopic (exact) mass is 288 g/mol. The Hall–Kier alpha value is -2.15. The highest BCUT2D eigenvalue weighted by molar-refractivity contribution is 5.41. The molecule has 0 radical (unpaired) electrons. The van der Waals surface area contributed by atoms with Crippen LogP contribution in [0.5, 0.6) is 0 Å². The van der Waals surface area contributed by atoms with Gasteiger partial charge in [-0.25, -0.2) is 4.98 Å². The molecule has 1 saturated heterocycles. The van der Waals surface area contributed by atoms with Crippen LogP contribution in [0.4, 0.5) is 11.8 Å². The van der Waals surface area contributed by atoms with Gasteiger partial charge in [-0.15, -0.1) is 5.10 Å². The molecule has 3 rings (SSSR count). The maximum atomic E-state index is 5.67. The normalized spacial score (nSPS) is 15.5. The number of nitrogens with one attached hydrogen (secondary N) is 1. The highest BCUT2D eigenvalue weighted by Crippen LogP contribution is 2.17. The van der Waals surface area contributed by atoms with Crippen LogP contribution in [0.3, 0.4) is 0 Å².